The molecule has 1 aromatic heterocycles. The molecular formula is C19H25BrN2O3. The van der Waals surface area contributed by atoms with Crippen LogP contribution in [0.15, 0.2) is 28.9 Å². The zero-order valence-corrected chi connectivity index (χ0v) is 16.6. The normalized spacial score (nSPS) is 10.7. The first-order valence-electron chi connectivity index (χ1n) is 8.63. The molecule has 0 aliphatic rings. The molecule has 0 N–H and O–H groups in total. The number of aromatic nitrogens is 2. The Morgan fingerprint density at radius 2 is 2.08 bits per heavy atom. The Morgan fingerprint density at radius 3 is 2.72 bits per heavy atom. The number of hydrogen-bond donors (Lipinski definition) is 0. The molecule has 2 aromatic rings. The molecule has 0 fully saturated rings. The fourth-order valence-corrected chi connectivity index (χ4v) is 2.92. The summed E-state index contributed by atoms with van der Waals surface area (Å²) in [5.41, 5.74) is 3.35. The fourth-order valence-electron chi connectivity index (χ4n) is 2.60. The van der Waals surface area contributed by atoms with E-state index in [9.17, 15) is 4.79 Å². The van der Waals surface area contributed by atoms with E-state index in [1.54, 1.807) is 0 Å². The number of ether oxygens (including phenoxy) is 2. The van der Waals surface area contributed by atoms with Gasteiger partial charge < -0.3 is 9.47 Å². The van der Waals surface area contributed by atoms with Crippen molar-refractivity contribution >= 4 is 21.9 Å². The SMILES string of the molecule is CCOC(=O)CCc1ccc(OCCn2cc(Br)c(C)n2)cc1CC. The monoisotopic (exact) mass is 408 g/mol. The first-order valence-corrected chi connectivity index (χ1v) is 9.42. The van der Waals surface area contributed by atoms with E-state index in [1.165, 1.54) is 11.1 Å². The van der Waals surface area contributed by atoms with E-state index in [-0.39, 0.29) is 5.97 Å². The number of aryl methyl sites for hydroxylation is 3. The van der Waals surface area contributed by atoms with Crippen molar-refractivity contribution in [2.45, 2.75) is 46.6 Å². The maximum atomic E-state index is 11.5. The molecule has 0 aliphatic carbocycles. The van der Waals surface area contributed by atoms with Crippen LogP contribution in [0, 0.1) is 6.92 Å². The topological polar surface area (TPSA) is 53.4 Å². The Hall–Kier alpha value is -1.82. The van der Waals surface area contributed by atoms with E-state index in [0.29, 0.717) is 32.6 Å². The molecule has 0 atom stereocenters. The Kier molecular flexibility index (Phi) is 7.50. The van der Waals surface area contributed by atoms with E-state index in [2.05, 4.69) is 34.0 Å². The summed E-state index contributed by atoms with van der Waals surface area (Å²) in [5, 5.41) is 4.39. The Bertz CT molecular complexity index is 693. The van der Waals surface area contributed by atoms with Gasteiger partial charge in [0.2, 0.25) is 0 Å². The number of halogens is 1. The summed E-state index contributed by atoms with van der Waals surface area (Å²) in [6.45, 7) is 7.57. The number of esters is 1. The minimum atomic E-state index is -0.148. The minimum absolute atomic E-state index is 0.148. The number of benzene rings is 1. The van der Waals surface area contributed by atoms with Crippen LogP contribution < -0.4 is 4.74 Å². The summed E-state index contributed by atoms with van der Waals surface area (Å²) < 4.78 is 13.7. The molecule has 6 heteroatoms. The van der Waals surface area contributed by atoms with Crippen LogP contribution in [0.25, 0.3) is 0 Å². The standard InChI is InChI=1S/C19H25BrN2O3/c1-4-15-12-17(8-6-16(15)7-9-19(23)24-5-2)25-11-10-22-13-18(20)14(3)21-22/h6,8,12-13H,4-5,7,9-11H2,1-3H3. The van der Waals surface area contributed by atoms with Crippen molar-refractivity contribution < 1.29 is 14.3 Å². The highest BCUT2D eigenvalue weighted by atomic mass is 79.9. The number of nitrogens with zero attached hydrogens (tertiary/aromatic N) is 2. The van der Waals surface area contributed by atoms with Crippen molar-refractivity contribution in [1.82, 2.24) is 9.78 Å². The average Bonchev–Trinajstić information content (AvgIpc) is 2.91. The van der Waals surface area contributed by atoms with Crippen LogP contribution in [0.1, 0.15) is 37.1 Å². The second-order valence-electron chi connectivity index (χ2n) is 5.76. The van der Waals surface area contributed by atoms with Crippen LogP contribution in [0.2, 0.25) is 0 Å². The highest BCUT2D eigenvalue weighted by Gasteiger charge is 2.08. The highest BCUT2D eigenvalue weighted by Crippen LogP contribution is 2.20. The van der Waals surface area contributed by atoms with E-state index in [1.807, 2.05) is 36.9 Å². The lowest BCUT2D eigenvalue weighted by atomic mass is 10.0. The summed E-state index contributed by atoms with van der Waals surface area (Å²) >= 11 is 3.46. The smallest absolute Gasteiger partial charge is 0.306 e. The molecule has 0 saturated heterocycles. The quantitative estimate of drug-likeness (QED) is 0.586. The van der Waals surface area contributed by atoms with E-state index >= 15 is 0 Å². The summed E-state index contributed by atoms with van der Waals surface area (Å²) in [6, 6.07) is 6.07. The molecule has 0 spiro atoms. The molecule has 2 rings (SSSR count). The van der Waals surface area contributed by atoms with Crippen LogP contribution in [0.5, 0.6) is 5.75 Å². The lowest BCUT2D eigenvalue weighted by Crippen LogP contribution is -2.09. The Morgan fingerprint density at radius 1 is 1.28 bits per heavy atom. The third kappa shape index (κ3) is 5.88. The first kappa shape index (κ1) is 19.5. The van der Waals surface area contributed by atoms with Crippen LogP contribution in [0.3, 0.4) is 0 Å². The van der Waals surface area contributed by atoms with Gasteiger partial charge in [-0.15, -0.1) is 0 Å². The molecule has 0 aliphatic heterocycles. The van der Waals surface area contributed by atoms with Crippen molar-refractivity contribution in [3.05, 3.63) is 45.7 Å². The van der Waals surface area contributed by atoms with Gasteiger partial charge in [0.15, 0.2) is 0 Å². The summed E-state index contributed by atoms with van der Waals surface area (Å²) in [4.78, 5) is 11.5. The van der Waals surface area contributed by atoms with Gasteiger partial charge in [0, 0.05) is 12.6 Å². The second-order valence-corrected chi connectivity index (χ2v) is 6.62. The molecule has 0 unspecified atom stereocenters. The van der Waals surface area contributed by atoms with Gasteiger partial charge >= 0.3 is 5.97 Å². The lowest BCUT2D eigenvalue weighted by molar-refractivity contribution is -0.143. The third-order valence-corrected chi connectivity index (χ3v) is 4.72. The molecule has 0 amide bonds. The van der Waals surface area contributed by atoms with Gasteiger partial charge in [0.05, 0.1) is 23.3 Å². The Balaban J connectivity index is 1.90. The van der Waals surface area contributed by atoms with E-state index in [4.69, 9.17) is 9.47 Å². The predicted octanol–water partition coefficient (Wildman–Crippen LogP) is 4.09. The van der Waals surface area contributed by atoms with Crippen molar-refractivity contribution in [1.29, 1.82) is 0 Å². The average molecular weight is 409 g/mol. The molecule has 136 valence electrons. The van der Waals surface area contributed by atoms with Gasteiger partial charge in [-0.05, 0) is 65.9 Å². The van der Waals surface area contributed by atoms with Crippen molar-refractivity contribution in [3.63, 3.8) is 0 Å². The van der Waals surface area contributed by atoms with Gasteiger partial charge in [0.1, 0.15) is 12.4 Å². The van der Waals surface area contributed by atoms with Gasteiger partial charge in [-0.2, -0.15) is 5.10 Å². The van der Waals surface area contributed by atoms with Crippen molar-refractivity contribution in [2.24, 2.45) is 0 Å². The number of rotatable bonds is 9. The third-order valence-electron chi connectivity index (χ3n) is 3.94. The molecule has 1 aromatic carbocycles. The second kappa shape index (κ2) is 9.61. The number of carbonyl (C=O) groups is 1. The minimum Gasteiger partial charge on any atom is -0.492 e. The van der Waals surface area contributed by atoms with Gasteiger partial charge in [-0.3, -0.25) is 9.48 Å². The molecule has 5 nitrogen and oxygen atoms in total. The zero-order chi connectivity index (χ0) is 18.2. The predicted molar refractivity (Wildman–Crippen MR) is 101 cm³/mol. The maximum Gasteiger partial charge on any atom is 0.306 e. The van der Waals surface area contributed by atoms with E-state index in [0.717, 1.165) is 22.3 Å². The van der Waals surface area contributed by atoms with E-state index < -0.39 is 0 Å². The van der Waals surface area contributed by atoms with Crippen LogP contribution in [0.4, 0.5) is 0 Å². The molecule has 0 bridgehead atoms. The number of carbonyl (C=O) groups excluding carboxylic acids is 1. The summed E-state index contributed by atoms with van der Waals surface area (Å²) in [6.07, 6.45) is 3.97. The zero-order valence-electron chi connectivity index (χ0n) is 15.0. The van der Waals surface area contributed by atoms with Gasteiger partial charge in [0.25, 0.3) is 0 Å². The maximum absolute atomic E-state index is 11.5. The van der Waals surface area contributed by atoms with Crippen LogP contribution in [-0.2, 0) is 28.9 Å². The van der Waals surface area contributed by atoms with Gasteiger partial charge in [-0.25, -0.2) is 0 Å². The molecule has 0 radical (unpaired) electrons. The van der Waals surface area contributed by atoms with Crippen molar-refractivity contribution in [3.8, 4) is 5.75 Å². The molecular weight excluding hydrogens is 384 g/mol. The number of hydrogen-bond acceptors (Lipinski definition) is 4. The lowest BCUT2D eigenvalue weighted by Gasteiger charge is -2.12. The highest BCUT2D eigenvalue weighted by molar-refractivity contribution is 9.10. The fraction of sp³-hybridized carbons (Fsp3) is 0.474. The largest absolute Gasteiger partial charge is 0.492 e. The first-order chi connectivity index (χ1) is 12.0. The van der Waals surface area contributed by atoms with Gasteiger partial charge in [-0.1, -0.05) is 13.0 Å². The van der Waals surface area contributed by atoms with Crippen LogP contribution in [-0.4, -0.2) is 29.0 Å². The molecule has 25 heavy (non-hydrogen) atoms. The molecule has 1 heterocycles. The Labute approximate surface area is 157 Å². The summed E-state index contributed by atoms with van der Waals surface area (Å²) in [7, 11) is 0. The summed E-state index contributed by atoms with van der Waals surface area (Å²) in [5.74, 6) is 0.699. The van der Waals surface area contributed by atoms with Crippen LogP contribution >= 0.6 is 15.9 Å². The van der Waals surface area contributed by atoms with Crippen molar-refractivity contribution in [2.75, 3.05) is 13.2 Å². The molecule has 0 saturated carbocycles.